The number of ether oxygens (including phenoxy) is 2. The summed E-state index contributed by atoms with van der Waals surface area (Å²) in [7, 11) is 0. The predicted octanol–water partition coefficient (Wildman–Crippen LogP) is -0.738. The van der Waals surface area contributed by atoms with Gasteiger partial charge in [-0.05, 0) is 50.7 Å². The summed E-state index contributed by atoms with van der Waals surface area (Å²) in [4.78, 5) is 26.9. The number of carbonyl (C=O) groups excluding carboxylic acids is 1. The molecular weight excluding hydrogens is 394 g/mol. The summed E-state index contributed by atoms with van der Waals surface area (Å²) in [5, 5.41) is 9.31. The molecule has 4 rings (SSSR count). The first-order valence-electron chi connectivity index (χ1n) is 9.76. The number of carbonyl (C=O) groups is 1. The number of ketones is 1. The molecular formula is C20H27BN4NaO4. The van der Waals surface area contributed by atoms with Gasteiger partial charge in [-0.25, -0.2) is 19.9 Å². The zero-order chi connectivity index (χ0) is 19.6. The zero-order valence-corrected chi connectivity index (χ0v) is 19.4. The average molecular weight is 421 g/mol. The van der Waals surface area contributed by atoms with Crippen molar-refractivity contribution in [3.8, 4) is 12.0 Å². The van der Waals surface area contributed by atoms with Gasteiger partial charge in [0.05, 0.1) is 6.10 Å². The fourth-order valence-corrected chi connectivity index (χ4v) is 3.18. The predicted molar refractivity (Wildman–Crippen MR) is 108 cm³/mol. The maximum atomic E-state index is 11.0. The Morgan fingerprint density at radius 2 is 1.17 bits per heavy atom. The Bertz CT molecular complexity index is 718. The Morgan fingerprint density at radius 3 is 1.60 bits per heavy atom. The Hall–Kier alpha value is -1.55. The summed E-state index contributed by atoms with van der Waals surface area (Å²) < 4.78 is 11.1. The van der Waals surface area contributed by atoms with E-state index in [4.69, 9.17) is 9.47 Å². The molecule has 2 fully saturated rings. The first-order chi connectivity index (χ1) is 13.7. The van der Waals surface area contributed by atoms with E-state index in [2.05, 4.69) is 19.9 Å². The minimum Gasteiger partial charge on any atom is -1.00 e. The molecule has 0 atom stereocenters. The van der Waals surface area contributed by atoms with Crippen LogP contribution in [0.5, 0.6) is 12.0 Å². The van der Waals surface area contributed by atoms with E-state index in [1.807, 2.05) is 0 Å². The van der Waals surface area contributed by atoms with Crippen LogP contribution in [0.25, 0.3) is 0 Å². The second-order valence-corrected chi connectivity index (χ2v) is 6.97. The minimum absolute atomic E-state index is 0. The maximum absolute atomic E-state index is 11.0. The van der Waals surface area contributed by atoms with Crippen molar-refractivity contribution in [2.75, 3.05) is 0 Å². The summed E-state index contributed by atoms with van der Waals surface area (Å²) in [6, 6.07) is 4.36. The number of aliphatic hydroxyl groups excluding tert-OH is 1. The Kier molecular flexibility index (Phi) is 12.8. The number of aliphatic hydroxyl groups is 1. The van der Waals surface area contributed by atoms with Gasteiger partial charge in [0, 0.05) is 46.0 Å². The third-order valence-corrected chi connectivity index (χ3v) is 4.76. The molecule has 2 aliphatic rings. The monoisotopic (exact) mass is 421 g/mol. The number of hydrogen-bond acceptors (Lipinski definition) is 8. The summed E-state index contributed by atoms with van der Waals surface area (Å²) in [6.45, 7) is 0. The molecule has 0 bridgehead atoms. The number of rotatable bonds is 4. The molecule has 8 nitrogen and oxygen atoms in total. The van der Waals surface area contributed by atoms with E-state index in [1.165, 1.54) is 0 Å². The van der Waals surface area contributed by atoms with Crippen molar-refractivity contribution in [1.29, 1.82) is 0 Å². The van der Waals surface area contributed by atoms with Crippen molar-refractivity contribution in [2.24, 2.45) is 0 Å². The van der Waals surface area contributed by atoms with Gasteiger partial charge in [0.1, 0.15) is 18.0 Å². The second kappa shape index (κ2) is 14.5. The largest absolute Gasteiger partial charge is 1.00 e. The molecule has 1 N–H and O–H groups in total. The van der Waals surface area contributed by atoms with Crippen LogP contribution in [-0.4, -0.2) is 57.6 Å². The smallest absolute Gasteiger partial charge is 1.00 e. The van der Waals surface area contributed by atoms with Gasteiger partial charge in [-0.3, -0.25) is 4.79 Å². The van der Waals surface area contributed by atoms with Crippen LogP contribution in [0.4, 0.5) is 0 Å². The number of nitrogens with zero attached hydrogens (tertiary/aromatic N) is 4. The van der Waals surface area contributed by atoms with E-state index < -0.39 is 0 Å². The van der Waals surface area contributed by atoms with Crippen LogP contribution in [-0.2, 0) is 4.79 Å². The van der Waals surface area contributed by atoms with Crippen LogP contribution < -0.4 is 39.0 Å². The van der Waals surface area contributed by atoms with Gasteiger partial charge in [-0.15, -0.1) is 0 Å². The Balaban J connectivity index is 0.000000529. The van der Waals surface area contributed by atoms with Crippen molar-refractivity contribution in [2.45, 2.75) is 69.7 Å². The van der Waals surface area contributed by atoms with Gasteiger partial charge in [0.15, 0.2) is 0 Å². The van der Waals surface area contributed by atoms with E-state index in [1.54, 1.807) is 36.9 Å². The third-order valence-electron chi connectivity index (χ3n) is 4.76. The van der Waals surface area contributed by atoms with Gasteiger partial charge in [0.2, 0.25) is 0 Å². The molecule has 2 saturated carbocycles. The molecule has 3 radical (unpaired) electrons. The third kappa shape index (κ3) is 9.51. The molecule has 30 heavy (non-hydrogen) atoms. The first kappa shape index (κ1) is 26.5. The molecule has 2 aromatic rings. The van der Waals surface area contributed by atoms with Crippen molar-refractivity contribution < 1.29 is 50.4 Å². The minimum atomic E-state index is -0.147. The number of Topliss-reactive ketones (excluding diaryl/α,β-unsaturated/α-hetero) is 1. The molecule has 2 aromatic heterocycles. The van der Waals surface area contributed by atoms with E-state index in [-0.39, 0.29) is 57.7 Å². The first-order valence-corrected chi connectivity index (χ1v) is 9.76. The topological polar surface area (TPSA) is 107 Å². The van der Waals surface area contributed by atoms with Crippen molar-refractivity contribution in [3.05, 3.63) is 36.9 Å². The van der Waals surface area contributed by atoms with E-state index in [0.29, 0.717) is 30.6 Å². The van der Waals surface area contributed by atoms with Gasteiger partial charge >= 0.3 is 41.6 Å². The van der Waals surface area contributed by atoms with Crippen LogP contribution in [0, 0.1) is 0 Å². The van der Waals surface area contributed by atoms with E-state index >= 15 is 0 Å². The molecule has 0 saturated heterocycles. The Labute approximate surface area is 202 Å². The maximum Gasteiger partial charge on any atom is 1.00 e. The van der Waals surface area contributed by atoms with E-state index in [9.17, 15) is 9.90 Å². The molecule has 2 heterocycles. The summed E-state index contributed by atoms with van der Waals surface area (Å²) in [6.07, 6.45) is 13.0. The molecule has 0 amide bonds. The average Bonchev–Trinajstić information content (AvgIpc) is 2.74. The number of hydrogen-bond donors (Lipinski definition) is 1. The Morgan fingerprint density at radius 1 is 0.767 bits per heavy atom. The fourth-order valence-electron chi connectivity index (χ4n) is 3.18. The van der Waals surface area contributed by atoms with Gasteiger partial charge < -0.3 is 16.0 Å². The van der Waals surface area contributed by atoms with Crippen LogP contribution >= 0.6 is 0 Å². The number of aromatic nitrogens is 4. The van der Waals surface area contributed by atoms with Gasteiger partial charge in [-0.2, -0.15) is 0 Å². The molecule has 0 aromatic carbocycles. The quantitative estimate of drug-likeness (QED) is 0.644. The van der Waals surface area contributed by atoms with Gasteiger partial charge in [-0.1, -0.05) is 0 Å². The van der Waals surface area contributed by atoms with E-state index in [0.717, 1.165) is 38.5 Å². The SMILES string of the molecule is O=C1CCC(Oc2ncccn2)CC1.OC1CCC(Oc2ncccn2)CC1.[B].[H-].[Na+]. The normalized spacial score (nSPS) is 21.2. The fraction of sp³-hybridized carbons (Fsp3) is 0.550. The summed E-state index contributed by atoms with van der Waals surface area (Å²) >= 11 is 0. The van der Waals surface area contributed by atoms with Crippen LogP contribution in [0.3, 0.4) is 0 Å². The van der Waals surface area contributed by atoms with Crippen molar-refractivity contribution in [1.82, 2.24) is 19.9 Å². The summed E-state index contributed by atoms with van der Waals surface area (Å²) in [5.41, 5.74) is 0. The molecule has 0 unspecified atom stereocenters. The molecule has 0 spiro atoms. The molecule has 10 heteroatoms. The molecule has 0 aliphatic heterocycles. The zero-order valence-electron chi connectivity index (χ0n) is 18.4. The standard InChI is InChI=1S/C10H14N2O2.C10H12N2O2.B.Na.H/c2*13-8-2-4-9(5-3-8)14-10-11-6-1-7-12-10;;;/h1,6-9,13H,2-5H2;1,6-7,9H,2-5H2;;;/q;;;+1;-1. The second-order valence-electron chi connectivity index (χ2n) is 6.97. The van der Waals surface area contributed by atoms with Gasteiger partial charge in [0.25, 0.3) is 0 Å². The van der Waals surface area contributed by atoms with Crippen LogP contribution in [0.2, 0.25) is 0 Å². The summed E-state index contributed by atoms with van der Waals surface area (Å²) in [5.74, 6) is 0.332. The van der Waals surface area contributed by atoms with Crippen molar-refractivity contribution >= 4 is 14.2 Å². The molecule has 155 valence electrons. The molecule has 2 aliphatic carbocycles. The van der Waals surface area contributed by atoms with Crippen molar-refractivity contribution in [3.63, 3.8) is 0 Å². The van der Waals surface area contributed by atoms with Crippen LogP contribution in [0.1, 0.15) is 52.8 Å². The van der Waals surface area contributed by atoms with Crippen LogP contribution in [0.15, 0.2) is 36.9 Å².